The molecule has 0 bridgehead atoms. The van der Waals surface area contributed by atoms with E-state index in [2.05, 4.69) is 10.3 Å². The highest BCUT2D eigenvalue weighted by Gasteiger charge is 2.30. The zero-order valence-electron chi connectivity index (χ0n) is 8.42. The SMILES string of the molecule is OC1(CNCc2ccc[nH]2)CCCC1. The fraction of sp³-hybridized carbons (Fsp3) is 0.636. The van der Waals surface area contributed by atoms with Crippen LogP contribution in [0.15, 0.2) is 18.3 Å². The molecule has 14 heavy (non-hydrogen) atoms. The standard InChI is InChI=1S/C11H18N2O/c14-11(5-1-2-6-11)9-12-8-10-4-3-7-13-10/h3-4,7,12-14H,1-2,5-6,8-9H2. The summed E-state index contributed by atoms with van der Waals surface area (Å²) in [6.45, 7) is 1.53. The third-order valence-corrected chi connectivity index (χ3v) is 2.97. The van der Waals surface area contributed by atoms with Gasteiger partial charge in [0, 0.05) is 25.0 Å². The largest absolute Gasteiger partial charge is 0.389 e. The first kappa shape index (κ1) is 9.74. The van der Waals surface area contributed by atoms with Crippen molar-refractivity contribution in [2.45, 2.75) is 37.8 Å². The van der Waals surface area contributed by atoms with Crippen LogP contribution in [0.2, 0.25) is 0 Å². The van der Waals surface area contributed by atoms with Crippen LogP contribution in [0.25, 0.3) is 0 Å². The van der Waals surface area contributed by atoms with Crippen LogP contribution in [0.5, 0.6) is 0 Å². The molecule has 0 radical (unpaired) electrons. The highest BCUT2D eigenvalue weighted by molar-refractivity contribution is 5.03. The second kappa shape index (κ2) is 4.15. The topological polar surface area (TPSA) is 48.0 Å². The summed E-state index contributed by atoms with van der Waals surface area (Å²) >= 11 is 0. The van der Waals surface area contributed by atoms with E-state index in [1.165, 1.54) is 18.5 Å². The van der Waals surface area contributed by atoms with Crippen molar-refractivity contribution in [2.75, 3.05) is 6.54 Å². The lowest BCUT2D eigenvalue weighted by Gasteiger charge is -2.22. The van der Waals surface area contributed by atoms with E-state index in [0.717, 1.165) is 19.4 Å². The summed E-state index contributed by atoms with van der Waals surface area (Å²) in [5.74, 6) is 0. The number of aliphatic hydroxyl groups is 1. The summed E-state index contributed by atoms with van der Waals surface area (Å²) < 4.78 is 0. The molecule has 1 aromatic rings. The molecule has 1 saturated carbocycles. The molecule has 0 aliphatic heterocycles. The summed E-state index contributed by atoms with van der Waals surface area (Å²) in [7, 11) is 0. The van der Waals surface area contributed by atoms with E-state index < -0.39 is 5.60 Å². The molecule has 1 aromatic heterocycles. The van der Waals surface area contributed by atoms with Crippen LogP contribution in [0, 0.1) is 0 Å². The first-order valence-corrected chi connectivity index (χ1v) is 5.34. The molecule has 0 amide bonds. The number of rotatable bonds is 4. The van der Waals surface area contributed by atoms with Crippen LogP contribution in [0.3, 0.4) is 0 Å². The second-order valence-electron chi connectivity index (χ2n) is 4.23. The van der Waals surface area contributed by atoms with Gasteiger partial charge in [0.25, 0.3) is 0 Å². The highest BCUT2D eigenvalue weighted by atomic mass is 16.3. The number of hydrogen-bond donors (Lipinski definition) is 3. The average molecular weight is 194 g/mol. The minimum atomic E-state index is -0.438. The Bertz CT molecular complexity index is 263. The molecule has 1 aliphatic carbocycles. The van der Waals surface area contributed by atoms with Gasteiger partial charge in [-0.1, -0.05) is 12.8 Å². The predicted octanol–water partition coefficient (Wildman–Crippen LogP) is 1.41. The van der Waals surface area contributed by atoms with Crippen LogP contribution >= 0.6 is 0 Å². The zero-order chi connectivity index (χ0) is 9.86. The van der Waals surface area contributed by atoms with E-state index in [4.69, 9.17) is 0 Å². The fourth-order valence-electron chi connectivity index (χ4n) is 2.12. The van der Waals surface area contributed by atoms with Gasteiger partial charge < -0.3 is 15.4 Å². The van der Waals surface area contributed by atoms with Gasteiger partial charge in [0.15, 0.2) is 0 Å². The lowest BCUT2D eigenvalue weighted by molar-refractivity contribution is 0.0474. The highest BCUT2D eigenvalue weighted by Crippen LogP contribution is 2.28. The average Bonchev–Trinajstić information content (AvgIpc) is 2.77. The Morgan fingerprint density at radius 2 is 2.21 bits per heavy atom. The normalized spacial score (nSPS) is 20.1. The molecule has 3 heteroatoms. The minimum absolute atomic E-state index is 0.438. The van der Waals surface area contributed by atoms with Crippen LogP contribution in [0.4, 0.5) is 0 Å². The lowest BCUT2D eigenvalue weighted by atomic mass is 10.0. The Kier molecular flexibility index (Phi) is 2.89. The quantitative estimate of drug-likeness (QED) is 0.678. The third kappa shape index (κ3) is 2.36. The van der Waals surface area contributed by atoms with Gasteiger partial charge in [-0.2, -0.15) is 0 Å². The van der Waals surface area contributed by atoms with Gasteiger partial charge in [-0.05, 0) is 25.0 Å². The molecule has 1 aliphatic rings. The number of hydrogen-bond acceptors (Lipinski definition) is 2. The van der Waals surface area contributed by atoms with E-state index in [9.17, 15) is 5.11 Å². The third-order valence-electron chi connectivity index (χ3n) is 2.97. The first-order valence-electron chi connectivity index (χ1n) is 5.34. The molecule has 0 atom stereocenters. The second-order valence-corrected chi connectivity index (χ2v) is 4.23. The maximum absolute atomic E-state index is 10.0. The van der Waals surface area contributed by atoms with Crippen LogP contribution in [-0.2, 0) is 6.54 Å². The van der Waals surface area contributed by atoms with Gasteiger partial charge in [0.1, 0.15) is 0 Å². The molecule has 78 valence electrons. The Morgan fingerprint density at radius 3 is 2.86 bits per heavy atom. The van der Waals surface area contributed by atoms with E-state index >= 15 is 0 Å². The van der Waals surface area contributed by atoms with Crippen molar-refractivity contribution < 1.29 is 5.11 Å². The number of aromatic amines is 1. The Hall–Kier alpha value is -0.800. The van der Waals surface area contributed by atoms with Gasteiger partial charge in [0.05, 0.1) is 5.60 Å². The van der Waals surface area contributed by atoms with Crippen LogP contribution in [-0.4, -0.2) is 22.2 Å². The van der Waals surface area contributed by atoms with Crippen molar-refractivity contribution >= 4 is 0 Å². The summed E-state index contributed by atoms with van der Waals surface area (Å²) in [4.78, 5) is 3.13. The Balaban J connectivity index is 1.72. The molecule has 1 fully saturated rings. The maximum atomic E-state index is 10.0. The lowest BCUT2D eigenvalue weighted by Crippen LogP contribution is -2.37. The van der Waals surface area contributed by atoms with Crippen molar-refractivity contribution in [1.29, 1.82) is 0 Å². The molecule has 0 saturated heterocycles. The van der Waals surface area contributed by atoms with Crippen molar-refractivity contribution in [3.63, 3.8) is 0 Å². The van der Waals surface area contributed by atoms with Gasteiger partial charge in [-0.15, -0.1) is 0 Å². The molecule has 0 aromatic carbocycles. The number of nitrogens with one attached hydrogen (secondary N) is 2. The van der Waals surface area contributed by atoms with Gasteiger partial charge >= 0.3 is 0 Å². The van der Waals surface area contributed by atoms with E-state index in [-0.39, 0.29) is 0 Å². The summed E-state index contributed by atoms with van der Waals surface area (Å²) in [5.41, 5.74) is 0.735. The minimum Gasteiger partial charge on any atom is -0.389 e. The molecule has 3 nitrogen and oxygen atoms in total. The van der Waals surface area contributed by atoms with Crippen LogP contribution < -0.4 is 5.32 Å². The van der Waals surface area contributed by atoms with E-state index in [0.29, 0.717) is 6.54 Å². The van der Waals surface area contributed by atoms with Crippen molar-refractivity contribution in [2.24, 2.45) is 0 Å². The fourth-order valence-corrected chi connectivity index (χ4v) is 2.12. The number of aromatic nitrogens is 1. The van der Waals surface area contributed by atoms with E-state index in [1.807, 2.05) is 18.3 Å². The monoisotopic (exact) mass is 194 g/mol. The first-order chi connectivity index (χ1) is 6.79. The summed E-state index contributed by atoms with van der Waals surface area (Å²) in [6.07, 6.45) is 6.15. The Morgan fingerprint density at radius 1 is 1.43 bits per heavy atom. The molecule has 3 N–H and O–H groups in total. The van der Waals surface area contributed by atoms with Crippen molar-refractivity contribution in [1.82, 2.24) is 10.3 Å². The molecular formula is C11H18N2O. The zero-order valence-corrected chi connectivity index (χ0v) is 8.42. The van der Waals surface area contributed by atoms with Crippen molar-refractivity contribution in [3.05, 3.63) is 24.0 Å². The van der Waals surface area contributed by atoms with Gasteiger partial charge in [-0.3, -0.25) is 0 Å². The summed E-state index contributed by atoms with van der Waals surface area (Å²) in [6, 6.07) is 4.03. The molecule has 2 rings (SSSR count). The summed E-state index contributed by atoms with van der Waals surface area (Å²) in [5, 5.41) is 13.3. The van der Waals surface area contributed by atoms with E-state index in [1.54, 1.807) is 0 Å². The molecule has 0 unspecified atom stereocenters. The Labute approximate surface area is 84.5 Å². The maximum Gasteiger partial charge on any atom is 0.0771 e. The van der Waals surface area contributed by atoms with Crippen molar-refractivity contribution in [3.8, 4) is 0 Å². The smallest absolute Gasteiger partial charge is 0.0771 e. The molecular weight excluding hydrogens is 176 g/mol. The molecule has 0 spiro atoms. The molecule has 1 heterocycles. The van der Waals surface area contributed by atoms with Gasteiger partial charge in [0.2, 0.25) is 0 Å². The van der Waals surface area contributed by atoms with Crippen LogP contribution in [0.1, 0.15) is 31.4 Å². The number of H-pyrrole nitrogens is 1. The predicted molar refractivity (Wildman–Crippen MR) is 55.9 cm³/mol. The van der Waals surface area contributed by atoms with Gasteiger partial charge in [-0.25, -0.2) is 0 Å².